The molecule has 1 aliphatic heterocycles. The van der Waals surface area contributed by atoms with Crippen molar-refractivity contribution in [2.24, 2.45) is 0 Å². The monoisotopic (exact) mass is 376 g/mol. The van der Waals surface area contributed by atoms with Crippen LogP contribution in [0.15, 0.2) is 0 Å². The van der Waals surface area contributed by atoms with Gasteiger partial charge < -0.3 is 4.84 Å². The van der Waals surface area contributed by atoms with E-state index < -0.39 is 65.8 Å². The Morgan fingerprint density at radius 3 is 2.00 bits per heavy atom. The maximum Gasteiger partial charge on any atom is 0.511 e. The zero-order chi connectivity index (χ0) is 18.1. The number of halogens is 7. The van der Waals surface area contributed by atoms with Gasteiger partial charge in [-0.25, -0.2) is 22.3 Å². The average Bonchev–Trinajstić information content (AvgIpc) is 2.37. The smallest absolute Gasteiger partial charge is 0.361 e. The summed E-state index contributed by atoms with van der Waals surface area (Å²) in [5.74, 6) is -2.51. The molecule has 1 N–H and O–H groups in total. The normalized spacial score (nSPS) is 20.3. The Labute approximate surface area is 125 Å². The first-order chi connectivity index (χ1) is 10.2. The highest BCUT2D eigenvalue weighted by Crippen LogP contribution is 2.29. The van der Waals surface area contributed by atoms with Gasteiger partial charge in [-0.05, 0) is 12.8 Å². The Balaban J connectivity index is 2.53. The van der Waals surface area contributed by atoms with Crippen LogP contribution < -0.4 is 4.72 Å². The van der Waals surface area contributed by atoms with Gasteiger partial charge in [-0.3, -0.25) is 0 Å². The third-order valence-corrected chi connectivity index (χ3v) is 4.08. The number of piperidine rings is 1. The topological polar surface area (TPSA) is 75.7 Å². The van der Waals surface area contributed by atoms with Crippen LogP contribution >= 0.6 is 0 Å². The molecule has 1 saturated heterocycles. The van der Waals surface area contributed by atoms with Gasteiger partial charge in [0, 0.05) is 19.6 Å². The van der Waals surface area contributed by atoms with E-state index in [4.69, 9.17) is 0 Å². The van der Waals surface area contributed by atoms with E-state index in [9.17, 15) is 43.9 Å². The van der Waals surface area contributed by atoms with Crippen LogP contribution in [-0.4, -0.2) is 56.4 Å². The van der Waals surface area contributed by atoms with Crippen molar-refractivity contribution in [2.75, 3.05) is 19.6 Å². The van der Waals surface area contributed by atoms with Gasteiger partial charge in [-0.15, -0.1) is 5.06 Å². The molecule has 1 heterocycles. The summed E-state index contributed by atoms with van der Waals surface area (Å²) >= 11 is 0. The molecule has 0 unspecified atom stereocenters. The van der Waals surface area contributed by atoms with Crippen LogP contribution in [0, 0.1) is 0 Å². The standard InChI is InChI=1S/C9H11F7N2O4S/c10-7(5-17-23(20,21)9(14,15)16)1-3-18(4-2-7)22-6(19)8(11,12)13/h17H,1-5H2. The molecule has 136 valence electrons. The second-order valence-electron chi connectivity index (χ2n) is 4.73. The summed E-state index contributed by atoms with van der Waals surface area (Å²) in [6.45, 7) is -2.27. The third-order valence-electron chi connectivity index (χ3n) is 2.95. The second kappa shape index (κ2) is 6.39. The zero-order valence-corrected chi connectivity index (χ0v) is 12.0. The predicted molar refractivity (Wildman–Crippen MR) is 59.8 cm³/mol. The molecule has 0 aliphatic carbocycles. The Bertz CT molecular complexity index is 537. The van der Waals surface area contributed by atoms with Crippen LogP contribution in [0.3, 0.4) is 0 Å². The number of hydroxylamine groups is 2. The predicted octanol–water partition coefficient (Wildman–Crippen LogP) is 1.25. The van der Waals surface area contributed by atoms with Gasteiger partial charge >= 0.3 is 27.7 Å². The molecule has 1 fully saturated rings. The van der Waals surface area contributed by atoms with Gasteiger partial charge in [-0.1, -0.05) is 0 Å². The summed E-state index contributed by atoms with van der Waals surface area (Å²) in [5, 5.41) is 0.506. The lowest BCUT2D eigenvalue weighted by Gasteiger charge is -2.35. The van der Waals surface area contributed by atoms with E-state index in [1.807, 2.05) is 0 Å². The molecular weight excluding hydrogens is 365 g/mol. The molecule has 6 nitrogen and oxygen atoms in total. The van der Waals surface area contributed by atoms with Crippen molar-refractivity contribution in [3.05, 3.63) is 0 Å². The SMILES string of the molecule is O=C(ON1CCC(F)(CNS(=O)(=O)C(F)(F)F)CC1)C(F)(F)F. The minimum Gasteiger partial charge on any atom is -0.361 e. The summed E-state index contributed by atoms with van der Waals surface area (Å²) in [6, 6.07) is 0. The van der Waals surface area contributed by atoms with Crippen LogP contribution in [-0.2, 0) is 19.7 Å². The van der Waals surface area contributed by atoms with E-state index >= 15 is 0 Å². The number of carbonyl (C=O) groups is 1. The van der Waals surface area contributed by atoms with Gasteiger partial charge in [0.2, 0.25) is 0 Å². The van der Waals surface area contributed by atoms with Crippen molar-refractivity contribution in [1.82, 2.24) is 9.79 Å². The van der Waals surface area contributed by atoms with Crippen LogP contribution in [0.5, 0.6) is 0 Å². The molecule has 0 spiro atoms. The number of sulfonamides is 1. The number of hydrogen-bond donors (Lipinski definition) is 1. The minimum absolute atomic E-state index is 0.506. The van der Waals surface area contributed by atoms with Crippen molar-refractivity contribution in [1.29, 1.82) is 0 Å². The molecule has 1 rings (SSSR count). The van der Waals surface area contributed by atoms with Gasteiger partial charge in [0.15, 0.2) is 0 Å². The molecule has 0 bridgehead atoms. The van der Waals surface area contributed by atoms with Crippen molar-refractivity contribution < 1.29 is 48.8 Å². The Hall–Kier alpha value is -1.15. The summed E-state index contributed by atoms with van der Waals surface area (Å²) in [4.78, 5) is 14.5. The van der Waals surface area contributed by atoms with Gasteiger partial charge in [0.05, 0.1) is 0 Å². The highest BCUT2D eigenvalue weighted by molar-refractivity contribution is 7.90. The van der Waals surface area contributed by atoms with E-state index in [-0.39, 0.29) is 0 Å². The molecule has 23 heavy (non-hydrogen) atoms. The maximum atomic E-state index is 14.2. The fourth-order valence-corrected chi connectivity index (χ4v) is 2.24. The largest absolute Gasteiger partial charge is 0.511 e. The Morgan fingerprint density at radius 1 is 1.13 bits per heavy atom. The number of hydrogen-bond acceptors (Lipinski definition) is 5. The van der Waals surface area contributed by atoms with Crippen LogP contribution in [0.2, 0.25) is 0 Å². The summed E-state index contributed by atoms with van der Waals surface area (Å²) in [5.41, 5.74) is -8.01. The lowest BCUT2D eigenvalue weighted by Crippen LogP contribution is -2.50. The lowest BCUT2D eigenvalue weighted by molar-refractivity contribution is -0.244. The highest BCUT2D eigenvalue weighted by atomic mass is 32.2. The fourth-order valence-electron chi connectivity index (χ4n) is 1.63. The lowest BCUT2D eigenvalue weighted by atomic mass is 9.95. The van der Waals surface area contributed by atoms with Crippen molar-refractivity contribution in [2.45, 2.75) is 30.2 Å². The first kappa shape index (κ1) is 19.9. The number of carbonyl (C=O) groups excluding carboxylic acids is 1. The van der Waals surface area contributed by atoms with Crippen LogP contribution in [0.25, 0.3) is 0 Å². The van der Waals surface area contributed by atoms with Gasteiger partial charge in [0.1, 0.15) is 5.67 Å². The molecule has 1 aliphatic rings. The Kier molecular flexibility index (Phi) is 5.53. The van der Waals surface area contributed by atoms with E-state index in [1.54, 1.807) is 0 Å². The average molecular weight is 376 g/mol. The van der Waals surface area contributed by atoms with Crippen molar-refractivity contribution in [3.8, 4) is 0 Å². The summed E-state index contributed by atoms with van der Waals surface area (Å²) < 4.78 is 109. The van der Waals surface area contributed by atoms with Gasteiger partial charge in [-0.2, -0.15) is 26.3 Å². The Morgan fingerprint density at radius 2 is 1.61 bits per heavy atom. The van der Waals surface area contributed by atoms with E-state index in [0.717, 1.165) is 4.72 Å². The molecule has 0 aromatic heterocycles. The molecular formula is C9H11F7N2O4S. The van der Waals surface area contributed by atoms with Crippen LogP contribution in [0.4, 0.5) is 30.7 Å². The number of alkyl halides is 7. The van der Waals surface area contributed by atoms with Crippen molar-refractivity contribution >= 4 is 16.0 Å². The molecule has 0 aromatic rings. The van der Waals surface area contributed by atoms with E-state index in [2.05, 4.69) is 4.84 Å². The molecule has 0 radical (unpaired) electrons. The molecule has 0 atom stereocenters. The molecule has 14 heteroatoms. The molecule has 0 amide bonds. The van der Waals surface area contributed by atoms with Crippen molar-refractivity contribution in [3.63, 3.8) is 0 Å². The number of rotatable bonds is 4. The summed E-state index contributed by atoms with van der Waals surface area (Å²) in [7, 11) is -5.72. The molecule has 0 aromatic carbocycles. The van der Waals surface area contributed by atoms with E-state index in [1.165, 1.54) is 0 Å². The first-order valence-electron chi connectivity index (χ1n) is 5.95. The van der Waals surface area contributed by atoms with E-state index in [0.29, 0.717) is 5.06 Å². The van der Waals surface area contributed by atoms with Gasteiger partial charge in [0.25, 0.3) is 0 Å². The third kappa shape index (κ3) is 5.46. The quantitative estimate of drug-likeness (QED) is 0.748. The molecule has 0 saturated carbocycles. The summed E-state index contributed by atoms with van der Waals surface area (Å²) in [6.07, 6.45) is -6.50. The maximum absolute atomic E-state index is 14.2. The fraction of sp³-hybridized carbons (Fsp3) is 0.889. The second-order valence-corrected chi connectivity index (χ2v) is 6.49. The first-order valence-corrected chi connectivity index (χ1v) is 7.44. The zero-order valence-electron chi connectivity index (χ0n) is 11.2. The highest BCUT2D eigenvalue weighted by Gasteiger charge is 2.48. The number of nitrogens with zero attached hydrogens (tertiary/aromatic N) is 1. The minimum atomic E-state index is -5.72. The van der Waals surface area contributed by atoms with Crippen LogP contribution in [0.1, 0.15) is 12.8 Å². The number of nitrogens with one attached hydrogen (secondary N) is 1.